The van der Waals surface area contributed by atoms with E-state index in [1.165, 1.54) is 0 Å². The number of phenolic OH excluding ortho intramolecular Hbond substituents is 2. The molecule has 2 nitrogen and oxygen atoms in total. The average molecular weight is 291 g/mol. The Labute approximate surface area is 108 Å². The quantitative estimate of drug-likeness (QED) is 0.820. The lowest BCUT2D eigenvalue weighted by Gasteiger charge is -2.00. The van der Waals surface area contributed by atoms with E-state index in [0.717, 1.165) is 10.0 Å². The van der Waals surface area contributed by atoms with Gasteiger partial charge in [0.15, 0.2) is 0 Å². The maximum absolute atomic E-state index is 9.69. The van der Waals surface area contributed by atoms with Crippen LogP contribution < -0.4 is 0 Å². The molecule has 0 spiro atoms. The maximum Gasteiger partial charge on any atom is 0.123 e. The third kappa shape index (κ3) is 2.88. The normalized spacial score (nSPS) is 10.9. The fraction of sp³-hybridized carbons (Fsp3) is 0. The zero-order valence-corrected chi connectivity index (χ0v) is 10.6. The highest BCUT2D eigenvalue weighted by atomic mass is 79.9. The lowest BCUT2D eigenvalue weighted by Crippen LogP contribution is -1.76. The topological polar surface area (TPSA) is 40.5 Å². The molecule has 0 aliphatic carbocycles. The molecule has 0 aliphatic heterocycles. The molecule has 0 heterocycles. The molecule has 17 heavy (non-hydrogen) atoms. The van der Waals surface area contributed by atoms with Gasteiger partial charge in [0.25, 0.3) is 0 Å². The Morgan fingerprint density at radius 1 is 0.824 bits per heavy atom. The summed E-state index contributed by atoms with van der Waals surface area (Å²) in [4.78, 5) is 0. The third-order valence-corrected chi connectivity index (χ3v) is 2.86. The first kappa shape index (κ1) is 11.7. The van der Waals surface area contributed by atoms with Gasteiger partial charge < -0.3 is 10.2 Å². The van der Waals surface area contributed by atoms with E-state index in [1.807, 2.05) is 18.2 Å². The van der Waals surface area contributed by atoms with Crippen molar-refractivity contribution in [1.29, 1.82) is 0 Å². The van der Waals surface area contributed by atoms with Crippen LogP contribution in [0.1, 0.15) is 11.1 Å². The largest absolute Gasteiger partial charge is 0.507 e. The third-order valence-electron chi connectivity index (χ3n) is 2.37. The Morgan fingerprint density at radius 2 is 1.47 bits per heavy atom. The van der Waals surface area contributed by atoms with Crippen LogP contribution >= 0.6 is 15.9 Å². The SMILES string of the molecule is Oc1ccccc1/C=C/c1ccc(Br)cc1O. The van der Waals surface area contributed by atoms with Gasteiger partial charge in [0.1, 0.15) is 11.5 Å². The molecule has 0 aromatic heterocycles. The van der Waals surface area contributed by atoms with Crippen LogP contribution in [0.3, 0.4) is 0 Å². The van der Waals surface area contributed by atoms with Gasteiger partial charge in [0.2, 0.25) is 0 Å². The molecular weight excluding hydrogens is 280 g/mol. The fourth-order valence-electron chi connectivity index (χ4n) is 1.47. The lowest BCUT2D eigenvalue weighted by molar-refractivity contribution is 0.473. The molecule has 2 rings (SSSR count). The number of benzene rings is 2. The highest BCUT2D eigenvalue weighted by Gasteiger charge is 1.99. The minimum Gasteiger partial charge on any atom is -0.507 e. The first-order valence-corrected chi connectivity index (χ1v) is 5.91. The van der Waals surface area contributed by atoms with Gasteiger partial charge in [-0.2, -0.15) is 0 Å². The van der Waals surface area contributed by atoms with E-state index in [2.05, 4.69) is 15.9 Å². The summed E-state index contributed by atoms with van der Waals surface area (Å²) in [5.41, 5.74) is 1.42. The second-order valence-corrected chi connectivity index (χ2v) is 4.51. The lowest BCUT2D eigenvalue weighted by atomic mass is 10.1. The summed E-state index contributed by atoms with van der Waals surface area (Å²) in [6.45, 7) is 0. The molecule has 0 bridgehead atoms. The Bertz CT molecular complexity index is 562. The van der Waals surface area contributed by atoms with Crippen molar-refractivity contribution in [2.75, 3.05) is 0 Å². The molecule has 0 saturated carbocycles. The molecule has 0 saturated heterocycles. The standard InChI is InChI=1S/C14H11BrO2/c15-12-8-7-11(14(17)9-12)6-5-10-3-1-2-4-13(10)16/h1-9,16-17H/b6-5+. The Morgan fingerprint density at radius 3 is 2.12 bits per heavy atom. The number of hydrogen-bond donors (Lipinski definition) is 2. The molecule has 0 unspecified atom stereocenters. The number of phenols is 2. The maximum atomic E-state index is 9.69. The number of halogens is 1. The van der Waals surface area contributed by atoms with E-state index in [0.29, 0.717) is 5.56 Å². The monoisotopic (exact) mass is 290 g/mol. The van der Waals surface area contributed by atoms with Crippen molar-refractivity contribution < 1.29 is 10.2 Å². The molecule has 0 radical (unpaired) electrons. The van der Waals surface area contributed by atoms with Gasteiger partial charge in [-0.05, 0) is 18.2 Å². The van der Waals surface area contributed by atoms with Crippen LogP contribution in [-0.4, -0.2) is 10.2 Å². The minimum absolute atomic E-state index is 0.200. The summed E-state index contributed by atoms with van der Waals surface area (Å²) in [6, 6.07) is 12.3. The number of aromatic hydroxyl groups is 2. The molecule has 0 aliphatic rings. The Hall–Kier alpha value is -1.74. The Balaban J connectivity index is 2.29. The zero-order valence-electron chi connectivity index (χ0n) is 8.97. The summed E-state index contributed by atoms with van der Waals surface area (Å²) in [7, 11) is 0. The highest BCUT2D eigenvalue weighted by molar-refractivity contribution is 9.10. The summed E-state index contributed by atoms with van der Waals surface area (Å²) >= 11 is 3.28. The van der Waals surface area contributed by atoms with Gasteiger partial charge >= 0.3 is 0 Å². The zero-order chi connectivity index (χ0) is 12.3. The van der Waals surface area contributed by atoms with Crippen molar-refractivity contribution in [2.24, 2.45) is 0 Å². The van der Waals surface area contributed by atoms with Crippen LogP contribution in [0.5, 0.6) is 11.5 Å². The first-order valence-electron chi connectivity index (χ1n) is 5.11. The summed E-state index contributed by atoms with van der Waals surface area (Å²) in [5, 5.41) is 19.3. The molecule has 0 fully saturated rings. The first-order chi connectivity index (χ1) is 8.16. The highest BCUT2D eigenvalue weighted by Crippen LogP contribution is 2.25. The second kappa shape index (κ2) is 5.06. The van der Waals surface area contributed by atoms with E-state index in [-0.39, 0.29) is 11.5 Å². The van der Waals surface area contributed by atoms with Crippen molar-refractivity contribution >= 4 is 28.1 Å². The smallest absolute Gasteiger partial charge is 0.123 e. The summed E-state index contributed by atoms with van der Waals surface area (Å²) < 4.78 is 0.828. The molecule has 2 aromatic rings. The molecule has 0 amide bonds. The predicted octanol–water partition coefficient (Wildman–Crippen LogP) is 4.03. The van der Waals surface area contributed by atoms with Crippen LogP contribution in [0.25, 0.3) is 12.2 Å². The van der Waals surface area contributed by atoms with Gasteiger partial charge in [0.05, 0.1) is 0 Å². The van der Waals surface area contributed by atoms with Crippen molar-refractivity contribution in [3.63, 3.8) is 0 Å². The number of rotatable bonds is 2. The molecule has 86 valence electrons. The Kier molecular flexibility index (Phi) is 3.49. The van der Waals surface area contributed by atoms with E-state index in [4.69, 9.17) is 0 Å². The molecule has 3 heteroatoms. The number of hydrogen-bond acceptors (Lipinski definition) is 2. The van der Waals surface area contributed by atoms with E-state index in [1.54, 1.807) is 36.4 Å². The van der Waals surface area contributed by atoms with E-state index >= 15 is 0 Å². The van der Waals surface area contributed by atoms with Crippen molar-refractivity contribution in [1.82, 2.24) is 0 Å². The van der Waals surface area contributed by atoms with Crippen molar-refractivity contribution in [3.05, 3.63) is 58.1 Å². The average Bonchev–Trinajstić information content (AvgIpc) is 2.30. The van der Waals surface area contributed by atoms with Gasteiger partial charge in [-0.25, -0.2) is 0 Å². The fourth-order valence-corrected chi connectivity index (χ4v) is 1.81. The van der Waals surface area contributed by atoms with Crippen LogP contribution in [-0.2, 0) is 0 Å². The van der Waals surface area contributed by atoms with Crippen LogP contribution in [0, 0.1) is 0 Å². The summed E-state index contributed by atoms with van der Waals surface area (Å²) in [6.07, 6.45) is 3.52. The van der Waals surface area contributed by atoms with Gasteiger partial charge in [-0.3, -0.25) is 0 Å². The van der Waals surface area contributed by atoms with Crippen LogP contribution in [0.15, 0.2) is 46.9 Å². The number of para-hydroxylation sites is 1. The predicted molar refractivity (Wildman–Crippen MR) is 72.8 cm³/mol. The van der Waals surface area contributed by atoms with Crippen LogP contribution in [0.4, 0.5) is 0 Å². The van der Waals surface area contributed by atoms with Crippen molar-refractivity contribution in [2.45, 2.75) is 0 Å². The van der Waals surface area contributed by atoms with Gasteiger partial charge in [-0.15, -0.1) is 0 Å². The minimum atomic E-state index is 0.200. The van der Waals surface area contributed by atoms with E-state index in [9.17, 15) is 10.2 Å². The van der Waals surface area contributed by atoms with Crippen LogP contribution in [0.2, 0.25) is 0 Å². The van der Waals surface area contributed by atoms with E-state index < -0.39 is 0 Å². The molecular formula is C14H11BrO2. The van der Waals surface area contributed by atoms with Gasteiger partial charge in [-0.1, -0.05) is 52.3 Å². The summed E-state index contributed by atoms with van der Waals surface area (Å²) in [5.74, 6) is 0.423. The second-order valence-electron chi connectivity index (χ2n) is 3.60. The molecule has 0 atom stereocenters. The van der Waals surface area contributed by atoms with Crippen molar-refractivity contribution in [3.8, 4) is 11.5 Å². The molecule has 2 aromatic carbocycles. The molecule has 2 N–H and O–H groups in total. The van der Waals surface area contributed by atoms with Gasteiger partial charge in [0, 0.05) is 15.6 Å².